The van der Waals surface area contributed by atoms with Crippen LogP contribution in [0.4, 0.5) is 0 Å². The number of amides is 2. The van der Waals surface area contributed by atoms with E-state index in [0.717, 1.165) is 11.1 Å². The lowest BCUT2D eigenvalue weighted by atomic mass is 10.0. The third-order valence-electron chi connectivity index (χ3n) is 5.37. The van der Waals surface area contributed by atoms with E-state index in [1.807, 2.05) is 24.0 Å². The van der Waals surface area contributed by atoms with Gasteiger partial charge in [0, 0.05) is 48.1 Å². The molecule has 1 aliphatic rings. The van der Waals surface area contributed by atoms with Crippen molar-refractivity contribution in [2.24, 2.45) is 0 Å². The zero-order valence-electron chi connectivity index (χ0n) is 17.1. The summed E-state index contributed by atoms with van der Waals surface area (Å²) in [6.07, 6.45) is 3.60. The number of rotatable bonds is 6. The van der Waals surface area contributed by atoms with Crippen LogP contribution in [0.25, 0.3) is 11.4 Å². The highest BCUT2D eigenvalue weighted by Gasteiger charge is 2.25. The molecule has 1 saturated heterocycles. The Morgan fingerprint density at radius 1 is 1.19 bits per heavy atom. The standard InChI is InChI=1S/C22H23ClN4O4/c1-14-10-13-30-20(14)22(29)24-17-8-11-27(12-9-17)19(28)7-6-18-25-21(26-31-18)15-2-4-16(23)5-3-15/h2-5,10,13,17H,6-9,11-12H2,1H3,(H,24,29). The third kappa shape index (κ3) is 5.14. The highest BCUT2D eigenvalue weighted by atomic mass is 35.5. The first-order valence-electron chi connectivity index (χ1n) is 10.2. The first kappa shape index (κ1) is 21.1. The molecule has 0 unspecified atom stereocenters. The second-order valence-electron chi connectivity index (χ2n) is 7.58. The average molecular weight is 443 g/mol. The highest BCUT2D eigenvalue weighted by Crippen LogP contribution is 2.19. The summed E-state index contributed by atoms with van der Waals surface area (Å²) in [6, 6.07) is 8.95. The van der Waals surface area contributed by atoms with E-state index >= 15 is 0 Å². The van der Waals surface area contributed by atoms with Crippen molar-refractivity contribution in [3.8, 4) is 11.4 Å². The fraction of sp³-hybridized carbons (Fsp3) is 0.364. The van der Waals surface area contributed by atoms with Gasteiger partial charge in [0.15, 0.2) is 5.76 Å². The Hall–Kier alpha value is -3.13. The molecule has 31 heavy (non-hydrogen) atoms. The van der Waals surface area contributed by atoms with Crippen LogP contribution in [-0.2, 0) is 11.2 Å². The molecule has 0 bridgehead atoms. The number of halogens is 1. The number of piperidine rings is 1. The summed E-state index contributed by atoms with van der Waals surface area (Å²) in [6.45, 7) is 3.03. The molecule has 9 heteroatoms. The van der Waals surface area contributed by atoms with Gasteiger partial charge in [-0.3, -0.25) is 9.59 Å². The first-order valence-corrected chi connectivity index (χ1v) is 10.6. The minimum absolute atomic E-state index is 0.0268. The Labute approximate surface area is 184 Å². The third-order valence-corrected chi connectivity index (χ3v) is 5.63. The number of aromatic nitrogens is 2. The van der Waals surface area contributed by atoms with Gasteiger partial charge in [-0.15, -0.1) is 0 Å². The zero-order valence-corrected chi connectivity index (χ0v) is 17.9. The quantitative estimate of drug-likeness (QED) is 0.625. The molecule has 3 heterocycles. The Morgan fingerprint density at radius 2 is 1.94 bits per heavy atom. The molecule has 2 amide bonds. The van der Waals surface area contributed by atoms with E-state index in [1.165, 1.54) is 6.26 Å². The number of benzene rings is 1. The maximum absolute atomic E-state index is 12.6. The highest BCUT2D eigenvalue weighted by molar-refractivity contribution is 6.30. The van der Waals surface area contributed by atoms with Crippen molar-refractivity contribution in [2.45, 2.75) is 38.6 Å². The molecule has 0 saturated carbocycles. The molecule has 162 valence electrons. The second kappa shape index (κ2) is 9.34. The Morgan fingerprint density at radius 3 is 2.61 bits per heavy atom. The van der Waals surface area contributed by atoms with Crippen LogP contribution in [0.5, 0.6) is 0 Å². The SMILES string of the molecule is Cc1ccoc1C(=O)NC1CCN(C(=O)CCc2nc(-c3ccc(Cl)cc3)no2)CC1. The van der Waals surface area contributed by atoms with Crippen molar-refractivity contribution in [1.29, 1.82) is 0 Å². The smallest absolute Gasteiger partial charge is 0.287 e. The number of hydrogen-bond donors (Lipinski definition) is 1. The van der Waals surface area contributed by atoms with Crippen LogP contribution >= 0.6 is 11.6 Å². The molecular formula is C22H23ClN4O4. The number of carbonyl (C=O) groups excluding carboxylic acids is 2. The molecule has 0 radical (unpaired) electrons. The lowest BCUT2D eigenvalue weighted by Crippen LogP contribution is -2.46. The van der Waals surface area contributed by atoms with Crippen LogP contribution in [0.1, 0.15) is 41.3 Å². The van der Waals surface area contributed by atoms with Gasteiger partial charge in [0.2, 0.25) is 17.6 Å². The minimum atomic E-state index is -0.208. The van der Waals surface area contributed by atoms with Gasteiger partial charge in [0.1, 0.15) is 0 Å². The number of carbonyl (C=O) groups is 2. The number of nitrogens with one attached hydrogen (secondary N) is 1. The van der Waals surface area contributed by atoms with Gasteiger partial charge < -0.3 is 19.2 Å². The Kier molecular flexibility index (Phi) is 6.36. The van der Waals surface area contributed by atoms with Crippen LogP contribution < -0.4 is 5.32 Å². The van der Waals surface area contributed by atoms with Gasteiger partial charge in [0.05, 0.1) is 6.26 Å². The van der Waals surface area contributed by atoms with Gasteiger partial charge in [0.25, 0.3) is 5.91 Å². The Balaban J connectivity index is 1.23. The summed E-state index contributed by atoms with van der Waals surface area (Å²) in [5, 5.41) is 7.59. The predicted molar refractivity (Wildman–Crippen MR) is 114 cm³/mol. The molecule has 0 aliphatic carbocycles. The van der Waals surface area contributed by atoms with Gasteiger partial charge in [-0.2, -0.15) is 4.98 Å². The number of furan rings is 1. The largest absolute Gasteiger partial charge is 0.459 e. The molecule has 2 aromatic heterocycles. The van der Waals surface area contributed by atoms with Crippen molar-refractivity contribution in [1.82, 2.24) is 20.4 Å². The monoisotopic (exact) mass is 442 g/mol. The molecule has 1 N–H and O–H groups in total. The number of aryl methyl sites for hydroxylation is 2. The molecule has 4 rings (SSSR count). The van der Waals surface area contributed by atoms with E-state index < -0.39 is 0 Å². The predicted octanol–water partition coefficient (Wildman–Crippen LogP) is 3.65. The van der Waals surface area contributed by atoms with Crippen molar-refractivity contribution < 1.29 is 18.5 Å². The summed E-state index contributed by atoms with van der Waals surface area (Å²) in [5.41, 5.74) is 1.62. The summed E-state index contributed by atoms with van der Waals surface area (Å²) in [7, 11) is 0. The lowest BCUT2D eigenvalue weighted by molar-refractivity contribution is -0.132. The topological polar surface area (TPSA) is 101 Å². The summed E-state index contributed by atoms with van der Waals surface area (Å²) in [4.78, 5) is 31.0. The number of hydrogen-bond acceptors (Lipinski definition) is 6. The minimum Gasteiger partial charge on any atom is -0.459 e. The van der Waals surface area contributed by atoms with Crippen LogP contribution in [0.15, 0.2) is 45.5 Å². The maximum atomic E-state index is 12.6. The molecule has 1 aliphatic heterocycles. The molecule has 0 atom stereocenters. The summed E-state index contributed by atoms with van der Waals surface area (Å²) >= 11 is 5.89. The van der Waals surface area contributed by atoms with Crippen molar-refractivity contribution in [3.05, 3.63) is 58.8 Å². The van der Waals surface area contributed by atoms with Crippen molar-refractivity contribution in [3.63, 3.8) is 0 Å². The Bertz CT molecular complexity index is 1050. The van der Waals surface area contributed by atoms with Gasteiger partial charge in [-0.1, -0.05) is 16.8 Å². The van der Waals surface area contributed by atoms with E-state index in [2.05, 4.69) is 15.5 Å². The van der Waals surface area contributed by atoms with Crippen LogP contribution in [0, 0.1) is 6.92 Å². The van der Waals surface area contributed by atoms with E-state index in [0.29, 0.717) is 61.3 Å². The van der Waals surface area contributed by atoms with Gasteiger partial charge >= 0.3 is 0 Å². The normalized spacial score (nSPS) is 14.6. The van der Waals surface area contributed by atoms with E-state index in [-0.39, 0.29) is 17.9 Å². The van der Waals surface area contributed by atoms with Crippen LogP contribution in [0.2, 0.25) is 5.02 Å². The van der Waals surface area contributed by atoms with Gasteiger partial charge in [-0.25, -0.2) is 0 Å². The molecule has 1 fully saturated rings. The first-order chi connectivity index (χ1) is 15.0. The molecule has 1 aromatic carbocycles. The number of nitrogens with zero attached hydrogens (tertiary/aromatic N) is 3. The average Bonchev–Trinajstić information content (AvgIpc) is 3.42. The van der Waals surface area contributed by atoms with Crippen molar-refractivity contribution in [2.75, 3.05) is 13.1 Å². The summed E-state index contributed by atoms with van der Waals surface area (Å²) in [5.74, 6) is 1.07. The van der Waals surface area contributed by atoms with Crippen LogP contribution in [-0.4, -0.2) is 46.0 Å². The lowest BCUT2D eigenvalue weighted by Gasteiger charge is -2.32. The second-order valence-corrected chi connectivity index (χ2v) is 8.02. The van der Waals surface area contributed by atoms with E-state index in [4.69, 9.17) is 20.5 Å². The van der Waals surface area contributed by atoms with Crippen LogP contribution in [0.3, 0.4) is 0 Å². The van der Waals surface area contributed by atoms with E-state index in [1.54, 1.807) is 18.2 Å². The maximum Gasteiger partial charge on any atom is 0.287 e. The van der Waals surface area contributed by atoms with E-state index in [9.17, 15) is 9.59 Å². The number of likely N-dealkylation sites (tertiary alicyclic amines) is 1. The van der Waals surface area contributed by atoms with Crippen molar-refractivity contribution >= 4 is 23.4 Å². The zero-order chi connectivity index (χ0) is 21.8. The molecule has 0 spiro atoms. The fourth-order valence-electron chi connectivity index (χ4n) is 3.57. The fourth-order valence-corrected chi connectivity index (χ4v) is 3.70. The molecule has 8 nitrogen and oxygen atoms in total. The summed E-state index contributed by atoms with van der Waals surface area (Å²) < 4.78 is 10.5. The molecule has 3 aromatic rings. The molecular weight excluding hydrogens is 420 g/mol. The van der Waals surface area contributed by atoms with Gasteiger partial charge in [-0.05, 0) is 50.1 Å².